The number of nitrogens with zero attached hydrogens (tertiary/aromatic N) is 2. The largest absolute Gasteiger partial charge is 0.301 e. The van der Waals surface area contributed by atoms with E-state index in [1.54, 1.807) is 0 Å². The molecule has 0 aliphatic carbocycles. The predicted molar refractivity (Wildman–Crippen MR) is 62.7 cm³/mol. The van der Waals surface area contributed by atoms with Crippen LogP contribution in [0.15, 0.2) is 0 Å². The van der Waals surface area contributed by atoms with Crippen LogP contribution in [-0.4, -0.2) is 48.1 Å². The van der Waals surface area contributed by atoms with Crippen molar-refractivity contribution in [2.24, 2.45) is 0 Å². The van der Waals surface area contributed by atoms with Gasteiger partial charge < -0.3 is 4.90 Å². The SMILES string of the molecule is CCCCN1CCN(C(C)(C)C)CC1. The molecule has 0 bridgehead atoms. The van der Waals surface area contributed by atoms with Crippen molar-refractivity contribution in [2.75, 3.05) is 32.7 Å². The summed E-state index contributed by atoms with van der Waals surface area (Å²) in [4.78, 5) is 5.20. The Hall–Kier alpha value is -0.0800. The van der Waals surface area contributed by atoms with Crippen LogP contribution in [-0.2, 0) is 0 Å². The molecule has 0 unspecified atom stereocenters. The zero-order valence-corrected chi connectivity index (χ0v) is 10.3. The standard InChI is InChI=1S/C12H26N2/c1-5-6-7-13-8-10-14(11-9-13)12(2,3)4/h5-11H2,1-4H3. The van der Waals surface area contributed by atoms with Crippen molar-refractivity contribution in [3.63, 3.8) is 0 Å². The first-order valence-corrected chi connectivity index (χ1v) is 6.01. The van der Waals surface area contributed by atoms with Crippen LogP contribution in [0, 0.1) is 0 Å². The topological polar surface area (TPSA) is 6.48 Å². The molecule has 14 heavy (non-hydrogen) atoms. The molecule has 0 saturated carbocycles. The number of rotatable bonds is 3. The first-order chi connectivity index (χ1) is 6.54. The quantitative estimate of drug-likeness (QED) is 0.686. The lowest BCUT2D eigenvalue weighted by Crippen LogP contribution is -2.53. The van der Waals surface area contributed by atoms with E-state index in [4.69, 9.17) is 0 Å². The van der Waals surface area contributed by atoms with Gasteiger partial charge in [-0.2, -0.15) is 0 Å². The Kier molecular flexibility index (Phi) is 4.39. The molecule has 0 aromatic rings. The molecule has 2 heteroatoms. The molecule has 0 amide bonds. The highest BCUT2D eigenvalue weighted by atomic mass is 15.3. The summed E-state index contributed by atoms with van der Waals surface area (Å²) >= 11 is 0. The summed E-state index contributed by atoms with van der Waals surface area (Å²) in [6.07, 6.45) is 2.68. The molecule has 0 atom stereocenters. The first-order valence-electron chi connectivity index (χ1n) is 6.01. The number of hydrogen-bond donors (Lipinski definition) is 0. The average Bonchev–Trinajstić information content (AvgIpc) is 2.14. The summed E-state index contributed by atoms with van der Waals surface area (Å²) in [7, 11) is 0. The van der Waals surface area contributed by atoms with Crippen LogP contribution in [0.1, 0.15) is 40.5 Å². The van der Waals surface area contributed by atoms with Gasteiger partial charge in [-0.1, -0.05) is 13.3 Å². The maximum atomic E-state index is 2.60. The molecule has 0 aromatic heterocycles. The molecule has 1 rings (SSSR count). The van der Waals surface area contributed by atoms with E-state index in [1.807, 2.05) is 0 Å². The maximum absolute atomic E-state index is 2.60. The Morgan fingerprint density at radius 2 is 1.57 bits per heavy atom. The second-order valence-electron chi connectivity index (χ2n) is 5.35. The van der Waals surface area contributed by atoms with Crippen LogP contribution in [0.2, 0.25) is 0 Å². The molecular weight excluding hydrogens is 172 g/mol. The van der Waals surface area contributed by atoms with E-state index in [0.717, 1.165) is 0 Å². The van der Waals surface area contributed by atoms with Gasteiger partial charge in [-0.3, -0.25) is 4.90 Å². The fraction of sp³-hybridized carbons (Fsp3) is 1.00. The number of hydrogen-bond acceptors (Lipinski definition) is 2. The summed E-state index contributed by atoms with van der Waals surface area (Å²) in [5.74, 6) is 0. The highest BCUT2D eigenvalue weighted by Gasteiger charge is 2.25. The summed E-state index contributed by atoms with van der Waals surface area (Å²) in [5, 5.41) is 0. The Balaban J connectivity index is 2.24. The molecule has 1 aliphatic rings. The third-order valence-electron chi connectivity index (χ3n) is 3.15. The minimum atomic E-state index is 0.358. The van der Waals surface area contributed by atoms with Crippen molar-refractivity contribution < 1.29 is 0 Å². The molecule has 0 radical (unpaired) electrons. The van der Waals surface area contributed by atoms with E-state index in [-0.39, 0.29) is 0 Å². The Morgan fingerprint density at radius 3 is 2.00 bits per heavy atom. The molecule has 2 nitrogen and oxygen atoms in total. The molecule has 0 N–H and O–H groups in total. The Morgan fingerprint density at radius 1 is 1.00 bits per heavy atom. The second kappa shape index (κ2) is 5.13. The van der Waals surface area contributed by atoms with Gasteiger partial charge in [0.05, 0.1) is 0 Å². The van der Waals surface area contributed by atoms with Gasteiger partial charge in [-0.05, 0) is 33.7 Å². The van der Waals surface area contributed by atoms with Crippen LogP contribution < -0.4 is 0 Å². The minimum Gasteiger partial charge on any atom is -0.301 e. The fourth-order valence-corrected chi connectivity index (χ4v) is 2.02. The van der Waals surface area contributed by atoms with Crippen LogP contribution in [0.5, 0.6) is 0 Å². The van der Waals surface area contributed by atoms with E-state index >= 15 is 0 Å². The fourth-order valence-electron chi connectivity index (χ4n) is 2.02. The average molecular weight is 198 g/mol. The highest BCUT2D eigenvalue weighted by molar-refractivity contribution is 4.81. The lowest BCUT2D eigenvalue weighted by molar-refractivity contribution is 0.0618. The molecule has 1 heterocycles. The summed E-state index contributed by atoms with van der Waals surface area (Å²) in [5.41, 5.74) is 0.358. The van der Waals surface area contributed by atoms with Crippen molar-refractivity contribution in [3.8, 4) is 0 Å². The van der Waals surface area contributed by atoms with Gasteiger partial charge in [0.15, 0.2) is 0 Å². The molecule has 84 valence electrons. The van der Waals surface area contributed by atoms with Crippen molar-refractivity contribution in [1.82, 2.24) is 9.80 Å². The van der Waals surface area contributed by atoms with Crippen LogP contribution in [0.25, 0.3) is 0 Å². The van der Waals surface area contributed by atoms with Crippen LogP contribution in [0.3, 0.4) is 0 Å². The van der Waals surface area contributed by atoms with Crippen molar-refractivity contribution in [1.29, 1.82) is 0 Å². The lowest BCUT2D eigenvalue weighted by atomic mass is 10.0. The van der Waals surface area contributed by atoms with Crippen molar-refractivity contribution in [2.45, 2.75) is 46.1 Å². The van der Waals surface area contributed by atoms with Gasteiger partial charge >= 0.3 is 0 Å². The van der Waals surface area contributed by atoms with Gasteiger partial charge in [0.1, 0.15) is 0 Å². The zero-order valence-electron chi connectivity index (χ0n) is 10.3. The third-order valence-corrected chi connectivity index (χ3v) is 3.15. The van der Waals surface area contributed by atoms with Crippen molar-refractivity contribution in [3.05, 3.63) is 0 Å². The molecule has 0 aromatic carbocycles. The smallest absolute Gasteiger partial charge is 0.0126 e. The summed E-state index contributed by atoms with van der Waals surface area (Å²) in [6, 6.07) is 0. The summed E-state index contributed by atoms with van der Waals surface area (Å²) < 4.78 is 0. The predicted octanol–water partition coefficient (Wildman–Crippen LogP) is 2.20. The molecular formula is C12H26N2. The molecule has 1 aliphatic heterocycles. The minimum absolute atomic E-state index is 0.358. The van der Waals surface area contributed by atoms with E-state index in [2.05, 4.69) is 37.5 Å². The molecule has 1 fully saturated rings. The lowest BCUT2D eigenvalue weighted by Gasteiger charge is -2.42. The van der Waals surface area contributed by atoms with Gasteiger partial charge in [0.25, 0.3) is 0 Å². The number of unbranched alkanes of at least 4 members (excludes halogenated alkanes) is 1. The normalized spacial score (nSPS) is 21.4. The van der Waals surface area contributed by atoms with E-state index < -0.39 is 0 Å². The van der Waals surface area contributed by atoms with Crippen LogP contribution in [0.4, 0.5) is 0 Å². The van der Waals surface area contributed by atoms with Gasteiger partial charge in [0.2, 0.25) is 0 Å². The Labute approximate surface area is 89.3 Å². The Bertz CT molecular complexity index is 152. The van der Waals surface area contributed by atoms with E-state index in [9.17, 15) is 0 Å². The third kappa shape index (κ3) is 3.58. The molecule has 0 spiro atoms. The van der Waals surface area contributed by atoms with Crippen molar-refractivity contribution >= 4 is 0 Å². The van der Waals surface area contributed by atoms with Gasteiger partial charge in [0, 0.05) is 31.7 Å². The van der Waals surface area contributed by atoms with E-state index in [0.29, 0.717) is 5.54 Å². The van der Waals surface area contributed by atoms with Gasteiger partial charge in [-0.25, -0.2) is 0 Å². The first kappa shape index (κ1) is 12.0. The zero-order chi connectivity index (χ0) is 10.6. The number of piperazine rings is 1. The van der Waals surface area contributed by atoms with Gasteiger partial charge in [-0.15, -0.1) is 0 Å². The molecule has 1 saturated heterocycles. The van der Waals surface area contributed by atoms with Crippen LogP contribution >= 0.6 is 0 Å². The summed E-state index contributed by atoms with van der Waals surface area (Å²) in [6.45, 7) is 15.5. The highest BCUT2D eigenvalue weighted by Crippen LogP contribution is 2.15. The van der Waals surface area contributed by atoms with E-state index in [1.165, 1.54) is 45.6 Å². The second-order valence-corrected chi connectivity index (χ2v) is 5.35. The monoisotopic (exact) mass is 198 g/mol. The maximum Gasteiger partial charge on any atom is 0.0126 e.